The Balaban J connectivity index is 2.01. The first-order chi connectivity index (χ1) is 11.4. The lowest BCUT2D eigenvalue weighted by Crippen LogP contribution is -2.18. The fourth-order valence-corrected chi connectivity index (χ4v) is 3.36. The number of carbonyl (C=O) groups is 1. The van der Waals surface area contributed by atoms with Crippen LogP contribution in [0.15, 0.2) is 41.3 Å². The predicted molar refractivity (Wildman–Crippen MR) is 94.6 cm³/mol. The maximum Gasteiger partial charge on any atom is 0.207 e. The van der Waals surface area contributed by atoms with Crippen LogP contribution in [0.1, 0.15) is 41.6 Å². The molecule has 0 bridgehead atoms. The molecule has 0 aliphatic rings. The van der Waals surface area contributed by atoms with E-state index >= 15 is 0 Å². The Labute approximate surface area is 140 Å². The number of aromatic nitrogens is 3. The van der Waals surface area contributed by atoms with Gasteiger partial charge in [-0.25, -0.2) is 0 Å². The third-order valence-corrected chi connectivity index (χ3v) is 4.36. The molecule has 124 valence electrons. The van der Waals surface area contributed by atoms with E-state index in [0.717, 1.165) is 11.4 Å². The van der Waals surface area contributed by atoms with Crippen LogP contribution in [-0.4, -0.2) is 20.1 Å². The minimum absolute atomic E-state index is 0.00342. The van der Waals surface area contributed by atoms with Gasteiger partial charge in [-0.2, -0.15) is 5.10 Å². The Morgan fingerprint density at radius 1 is 1.21 bits per heavy atom. The van der Waals surface area contributed by atoms with Gasteiger partial charge in [-0.1, -0.05) is 12.1 Å². The number of benzene rings is 1. The van der Waals surface area contributed by atoms with Gasteiger partial charge in [0.05, 0.1) is 11.7 Å². The van der Waals surface area contributed by atoms with Crippen molar-refractivity contribution in [1.82, 2.24) is 14.3 Å². The largest absolute Gasteiger partial charge is 0.346 e. The van der Waals surface area contributed by atoms with Crippen LogP contribution in [0, 0.1) is 13.8 Å². The van der Waals surface area contributed by atoms with E-state index in [1.54, 1.807) is 10.7 Å². The average Bonchev–Trinajstić information content (AvgIpc) is 2.85. The van der Waals surface area contributed by atoms with Crippen molar-refractivity contribution in [3.05, 3.63) is 63.7 Å². The first-order valence-corrected chi connectivity index (χ1v) is 8.06. The Morgan fingerprint density at radius 3 is 2.58 bits per heavy atom. The molecule has 0 N–H and O–H groups in total. The van der Waals surface area contributed by atoms with Gasteiger partial charge in [0.2, 0.25) is 5.43 Å². The van der Waals surface area contributed by atoms with Crippen LogP contribution in [0.2, 0.25) is 0 Å². The molecule has 0 amide bonds. The summed E-state index contributed by atoms with van der Waals surface area (Å²) in [5.41, 5.74) is 3.30. The van der Waals surface area contributed by atoms with Gasteiger partial charge >= 0.3 is 0 Å². The number of aryl methyl sites for hydroxylation is 1. The molecular formula is C19H21N3O2. The predicted octanol–water partition coefficient (Wildman–Crippen LogP) is 3.28. The molecule has 0 fully saturated rings. The van der Waals surface area contributed by atoms with Crippen LogP contribution in [-0.2, 0) is 6.54 Å². The molecule has 0 unspecified atom stereocenters. The van der Waals surface area contributed by atoms with Gasteiger partial charge in [0, 0.05) is 28.4 Å². The smallest absolute Gasteiger partial charge is 0.207 e. The minimum atomic E-state index is -0.132. The normalized spacial score (nSPS) is 11.4. The van der Waals surface area contributed by atoms with Gasteiger partial charge in [-0.3, -0.25) is 14.3 Å². The van der Waals surface area contributed by atoms with E-state index in [2.05, 4.69) is 23.5 Å². The van der Waals surface area contributed by atoms with E-state index in [-0.39, 0.29) is 17.8 Å². The van der Waals surface area contributed by atoms with Crippen LogP contribution in [0.25, 0.3) is 10.9 Å². The zero-order chi connectivity index (χ0) is 17.4. The van der Waals surface area contributed by atoms with Gasteiger partial charge in [0.15, 0.2) is 5.78 Å². The van der Waals surface area contributed by atoms with Gasteiger partial charge in [-0.15, -0.1) is 0 Å². The Kier molecular flexibility index (Phi) is 4.09. The van der Waals surface area contributed by atoms with Gasteiger partial charge < -0.3 is 4.57 Å². The molecule has 0 atom stereocenters. The van der Waals surface area contributed by atoms with E-state index < -0.39 is 0 Å². The molecule has 0 saturated heterocycles. The van der Waals surface area contributed by atoms with E-state index in [9.17, 15) is 9.59 Å². The minimum Gasteiger partial charge on any atom is -0.346 e. The zero-order valence-electron chi connectivity index (χ0n) is 14.4. The summed E-state index contributed by atoms with van der Waals surface area (Å²) in [4.78, 5) is 24.7. The maximum absolute atomic E-state index is 12.8. The summed E-state index contributed by atoms with van der Waals surface area (Å²) in [7, 11) is 0. The molecule has 3 rings (SSSR count). The van der Waals surface area contributed by atoms with E-state index in [0.29, 0.717) is 22.5 Å². The second-order valence-corrected chi connectivity index (χ2v) is 6.36. The molecule has 3 aromatic rings. The summed E-state index contributed by atoms with van der Waals surface area (Å²) in [5.74, 6) is -0.00342. The Hall–Kier alpha value is -2.69. The lowest BCUT2D eigenvalue weighted by molar-refractivity contribution is 0.0968. The number of ketones is 1. The summed E-state index contributed by atoms with van der Waals surface area (Å²) in [5, 5.41) is 4.72. The first-order valence-electron chi connectivity index (χ1n) is 8.06. The summed E-state index contributed by atoms with van der Waals surface area (Å²) in [6, 6.07) is 9.46. The topological polar surface area (TPSA) is 56.9 Å². The fourth-order valence-electron chi connectivity index (χ4n) is 3.36. The number of rotatable bonds is 4. The van der Waals surface area contributed by atoms with Crippen molar-refractivity contribution in [2.24, 2.45) is 0 Å². The number of fused-ring (bicyclic) bond motifs is 1. The summed E-state index contributed by atoms with van der Waals surface area (Å²) in [6.07, 6.45) is 1.27. The van der Waals surface area contributed by atoms with E-state index in [4.69, 9.17) is 0 Å². The standard InChI is InChI=1S/C19H21N3O2/c1-12(2)22-13(3)9-16(14(22)4)19(24)11-21-17-8-6-5-7-15(17)18(23)10-20-21/h5-10,12H,11H2,1-4H3. The quantitative estimate of drug-likeness (QED) is 0.692. The lowest BCUT2D eigenvalue weighted by atomic mass is 10.1. The third kappa shape index (κ3) is 2.66. The van der Waals surface area contributed by atoms with Gasteiger partial charge in [0.1, 0.15) is 6.54 Å². The van der Waals surface area contributed by atoms with Crippen molar-refractivity contribution < 1.29 is 4.79 Å². The molecule has 5 heteroatoms. The molecule has 0 aliphatic heterocycles. The Bertz CT molecular complexity index is 980. The van der Waals surface area contributed by atoms with Crippen LogP contribution < -0.4 is 5.43 Å². The summed E-state index contributed by atoms with van der Waals surface area (Å²) >= 11 is 0. The second kappa shape index (κ2) is 6.07. The fraction of sp³-hybridized carbons (Fsp3) is 0.316. The number of carbonyl (C=O) groups excluding carboxylic acids is 1. The highest BCUT2D eigenvalue weighted by Gasteiger charge is 2.18. The molecular weight excluding hydrogens is 302 g/mol. The number of hydrogen-bond acceptors (Lipinski definition) is 3. The molecule has 0 saturated carbocycles. The number of Topliss-reactive ketones (excluding diaryl/α,β-unsaturated/α-hetero) is 1. The molecule has 2 aromatic heterocycles. The van der Waals surface area contributed by atoms with Gasteiger partial charge in [-0.05, 0) is 45.9 Å². The lowest BCUT2D eigenvalue weighted by Gasteiger charge is -2.14. The van der Waals surface area contributed by atoms with Gasteiger partial charge in [0.25, 0.3) is 0 Å². The van der Waals surface area contributed by atoms with Crippen LogP contribution in [0.4, 0.5) is 0 Å². The second-order valence-electron chi connectivity index (χ2n) is 6.36. The number of nitrogens with zero attached hydrogens (tertiary/aromatic N) is 3. The van der Waals surface area contributed by atoms with Crippen LogP contribution in [0.5, 0.6) is 0 Å². The molecule has 0 aliphatic carbocycles. The van der Waals surface area contributed by atoms with Crippen molar-refractivity contribution in [3.63, 3.8) is 0 Å². The van der Waals surface area contributed by atoms with Crippen molar-refractivity contribution >= 4 is 16.7 Å². The first kappa shape index (κ1) is 16.2. The van der Waals surface area contributed by atoms with Crippen molar-refractivity contribution in [1.29, 1.82) is 0 Å². The summed E-state index contributed by atoms with van der Waals surface area (Å²) in [6.45, 7) is 8.30. The highest BCUT2D eigenvalue weighted by atomic mass is 16.1. The molecule has 1 aromatic carbocycles. The van der Waals surface area contributed by atoms with Crippen LogP contribution >= 0.6 is 0 Å². The number of hydrogen-bond donors (Lipinski definition) is 0. The molecule has 2 heterocycles. The SMILES string of the molecule is Cc1cc(C(=O)Cn2ncc(=O)c3ccccc32)c(C)n1C(C)C. The average molecular weight is 323 g/mol. The Morgan fingerprint density at radius 2 is 1.92 bits per heavy atom. The van der Waals surface area contributed by atoms with E-state index in [1.165, 1.54) is 6.20 Å². The molecule has 5 nitrogen and oxygen atoms in total. The molecule has 24 heavy (non-hydrogen) atoms. The molecule has 0 radical (unpaired) electrons. The van der Waals surface area contributed by atoms with Crippen molar-refractivity contribution in [2.45, 2.75) is 40.3 Å². The maximum atomic E-state index is 12.8. The number of para-hydroxylation sites is 1. The van der Waals surface area contributed by atoms with Crippen molar-refractivity contribution in [2.75, 3.05) is 0 Å². The summed E-state index contributed by atoms with van der Waals surface area (Å²) < 4.78 is 3.75. The third-order valence-electron chi connectivity index (χ3n) is 4.36. The highest BCUT2D eigenvalue weighted by Crippen LogP contribution is 2.21. The monoisotopic (exact) mass is 323 g/mol. The van der Waals surface area contributed by atoms with Crippen molar-refractivity contribution in [3.8, 4) is 0 Å². The van der Waals surface area contributed by atoms with Crippen LogP contribution in [0.3, 0.4) is 0 Å². The molecule has 0 spiro atoms. The van der Waals surface area contributed by atoms with E-state index in [1.807, 2.05) is 38.1 Å². The highest BCUT2D eigenvalue weighted by molar-refractivity contribution is 5.98. The zero-order valence-corrected chi connectivity index (χ0v) is 14.4.